The average Bonchev–Trinajstić information content (AvgIpc) is 2.98. The van der Waals surface area contributed by atoms with Gasteiger partial charge in [-0.15, -0.1) is 0 Å². The number of pyridine rings is 3. The van der Waals surface area contributed by atoms with E-state index in [1.807, 2.05) is 0 Å². The highest BCUT2D eigenvalue weighted by Crippen LogP contribution is 2.43. The molecule has 3 aromatic carbocycles. The minimum atomic E-state index is -0.171. The van der Waals surface area contributed by atoms with Crippen molar-refractivity contribution < 1.29 is 0 Å². The van der Waals surface area contributed by atoms with Crippen LogP contribution in [0.25, 0.3) is 0 Å². The summed E-state index contributed by atoms with van der Waals surface area (Å²) in [4.78, 5) is 16.2. The molecular weight excluding hydrogens is 486 g/mol. The van der Waals surface area contributed by atoms with Gasteiger partial charge in [0.2, 0.25) is 0 Å². The normalized spacial score (nSPS) is 21.0. The standard InChI is InChI=1S/C37H25N3/c1-7-22-19-23(8-1)35-25-10-3-12-27(21-25)36-26-11-2-9-24(20-26)34(22)28-13-4-16-31(38-28)37(32-17-5-14-29(35)39-32)33-18-6-15-30(36)40-33/h1-21,34-37H. The Bertz CT molecular complexity index is 1470. The van der Waals surface area contributed by atoms with E-state index in [2.05, 4.69) is 127 Å². The van der Waals surface area contributed by atoms with E-state index in [1.54, 1.807) is 0 Å². The summed E-state index contributed by atoms with van der Waals surface area (Å²) in [6, 6.07) is 46.7. The second-order valence-electron chi connectivity index (χ2n) is 11.2. The van der Waals surface area contributed by atoms with E-state index in [0.29, 0.717) is 0 Å². The first kappa shape index (κ1) is 22.0. The highest BCUT2D eigenvalue weighted by Gasteiger charge is 2.32. The fourth-order valence-electron chi connectivity index (χ4n) is 7.18. The molecule has 40 heavy (non-hydrogen) atoms. The molecule has 0 spiro atoms. The number of nitrogens with zero attached hydrogens (tertiary/aromatic N) is 3. The lowest BCUT2D eigenvalue weighted by Gasteiger charge is -2.29. The summed E-state index contributed by atoms with van der Waals surface area (Å²) >= 11 is 0. The lowest BCUT2D eigenvalue weighted by atomic mass is 9.77. The smallest absolute Gasteiger partial charge is 0.0858 e. The van der Waals surface area contributed by atoms with Crippen molar-refractivity contribution in [2.24, 2.45) is 0 Å². The Hall–Kier alpha value is -4.89. The summed E-state index contributed by atoms with van der Waals surface area (Å²) in [5.41, 5.74) is 13.6. The largest absolute Gasteiger partial charge is 0.256 e. The van der Waals surface area contributed by atoms with Crippen molar-refractivity contribution in [1.82, 2.24) is 15.0 Å². The van der Waals surface area contributed by atoms with Crippen molar-refractivity contribution in [1.29, 1.82) is 0 Å². The van der Waals surface area contributed by atoms with Gasteiger partial charge < -0.3 is 0 Å². The minimum Gasteiger partial charge on any atom is -0.256 e. The molecule has 4 aliphatic rings. The van der Waals surface area contributed by atoms with Crippen molar-refractivity contribution in [2.75, 3.05) is 0 Å². The highest BCUT2D eigenvalue weighted by atomic mass is 14.8. The van der Waals surface area contributed by atoms with Gasteiger partial charge >= 0.3 is 0 Å². The quantitative estimate of drug-likeness (QED) is 0.211. The Morgan fingerprint density at radius 1 is 0.275 bits per heavy atom. The first-order valence-corrected chi connectivity index (χ1v) is 14.0. The van der Waals surface area contributed by atoms with Crippen molar-refractivity contribution in [3.05, 3.63) is 195 Å². The van der Waals surface area contributed by atoms with Gasteiger partial charge in [0.05, 0.1) is 57.8 Å². The molecule has 3 aliphatic heterocycles. The lowest BCUT2D eigenvalue weighted by molar-refractivity contribution is 0.763. The zero-order valence-electron chi connectivity index (χ0n) is 21.8. The molecule has 0 saturated heterocycles. The predicted octanol–water partition coefficient (Wildman–Crippen LogP) is 7.53. The maximum Gasteiger partial charge on any atom is 0.0858 e. The highest BCUT2D eigenvalue weighted by molar-refractivity contribution is 5.54. The third-order valence-electron chi connectivity index (χ3n) is 8.88. The molecule has 0 unspecified atom stereocenters. The molecule has 6 heterocycles. The maximum atomic E-state index is 5.39. The fraction of sp³-hybridized carbons (Fsp3) is 0.108. The molecule has 3 heteroatoms. The van der Waals surface area contributed by atoms with Crippen molar-refractivity contribution >= 4 is 0 Å². The molecule has 0 fully saturated rings. The van der Waals surface area contributed by atoms with Crippen LogP contribution in [0.2, 0.25) is 0 Å². The maximum absolute atomic E-state index is 5.39. The van der Waals surface area contributed by atoms with Crippen molar-refractivity contribution in [3.8, 4) is 0 Å². The molecular formula is C37H25N3. The number of benzene rings is 3. The minimum absolute atomic E-state index is 0.0102. The summed E-state index contributed by atoms with van der Waals surface area (Å²) in [6.07, 6.45) is 0. The molecule has 0 amide bonds. The molecule has 188 valence electrons. The van der Waals surface area contributed by atoms with E-state index in [9.17, 15) is 0 Å². The van der Waals surface area contributed by atoms with Gasteiger partial charge in [-0.25, -0.2) is 0 Å². The van der Waals surface area contributed by atoms with Gasteiger partial charge in [-0.1, -0.05) is 91.0 Å². The third kappa shape index (κ3) is 3.21. The molecule has 0 atom stereocenters. The summed E-state index contributed by atoms with van der Waals surface area (Å²) in [6.45, 7) is 0. The molecule has 0 saturated carbocycles. The topological polar surface area (TPSA) is 38.7 Å². The average molecular weight is 512 g/mol. The molecule has 3 nitrogen and oxygen atoms in total. The Balaban J connectivity index is 1.54. The summed E-state index contributed by atoms with van der Waals surface area (Å²) in [7, 11) is 0. The summed E-state index contributed by atoms with van der Waals surface area (Å²) < 4.78 is 0. The Kier molecular flexibility index (Phi) is 4.56. The van der Waals surface area contributed by atoms with Crippen LogP contribution in [0.4, 0.5) is 0 Å². The predicted molar refractivity (Wildman–Crippen MR) is 156 cm³/mol. The van der Waals surface area contributed by atoms with Gasteiger partial charge in [-0.3, -0.25) is 15.0 Å². The summed E-state index contributed by atoms with van der Waals surface area (Å²) in [5, 5.41) is 0. The number of rotatable bonds is 0. The Morgan fingerprint density at radius 2 is 0.500 bits per heavy atom. The van der Waals surface area contributed by atoms with E-state index in [0.717, 1.165) is 34.2 Å². The van der Waals surface area contributed by atoms with E-state index >= 15 is 0 Å². The second kappa shape index (κ2) is 8.30. The van der Waals surface area contributed by atoms with Crippen LogP contribution in [0.1, 0.15) is 91.2 Å². The van der Waals surface area contributed by atoms with Gasteiger partial charge in [-0.2, -0.15) is 0 Å². The van der Waals surface area contributed by atoms with Crippen LogP contribution in [0.5, 0.6) is 0 Å². The molecule has 0 radical (unpaired) electrons. The van der Waals surface area contributed by atoms with E-state index in [4.69, 9.17) is 15.0 Å². The number of hydrogen-bond acceptors (Lipinski definition) is 3. The van der Waals surface area contributed by atoms with E-state index in [1.165, 1.54) is 33.4 Å². The molecule has 6 aromatic rings. The molecule has 16 bridgehead atoms. The van der Waals surface area contributed by atoms with Crippen LogP contribution >= 0.6 is 0 Å². The zero-order valence-corrected chi connectivity index (χ0v) is 21.8. The first-order valence-electron chi connectivity index (χ1n) is 14.0. The van der Waals surface area contributed by atoms with E-state index < -0.39 is 0 Å². The van der Waals surface area contributed by atoms with Crippen molar-refractivity contribution in [3.63, 3.8) is 0 Å². The van der Waals surface area contributed by atoms with Gasteiger partial charge in [0.25, 0.3) is 0 Å². The molecule has 0 N–H and O–H groups in total. The van der Waals surface area contributed by atoms with E-state index in [-0.39, 0.29) is 23.7 Å². The Morgan fingerprint density at radius 3 is 0.775 bits per heavy atom. The lowest BCUT2D eigenvalue weighted by Crippen LogP contribution is -2.19. The van der Waals surface area contributed by atoms with Gasteiger partial charge in [0.1, 0.15) is 0 Å². The van der Waals surface area contributed by atoms with Gasteiger partial charge in [0.15, 0.2) is 0 Å². The SMILES string of the molecule is c1cc2cc(c1)C1c3cccc(c3)C3c4cccc(c4)C2c2cccc(n2)C(c2cccc1n2)c1cccc3n1. The molecule has 1 aliphatic carbocycles. The molecule has 3 aromatic heterocycles. The van der Waals surface area contributed by atoms with Crippen LogP contribution in [-0.2, 0) is 0 Å². The van der Waals surface area contributed by atoms with Crippen molar-refractivity contribution in [2.45, 2.75) is 23.7 Å². The van der Waals surface area contributed by atoms with Crippen LogP contribution in [0, 0.1) is 0 Å². The van der Waals surface area contributed by atoms with Gasteiger partial charge in [0, 0.05) is 0 Å². The van der Waals surface area contributed by atoms with Crippen LogP contribution in [0.3, 0.4) is 0 Å². The second-order valence-corrected chi connectivity index (χ2v) is 11.2. The van der Waals surface area contributed by atoms with Crippen LogP contribution in [0.15, 0.2) is 127 Å². The van der Waals surface area contributed by atoms with Crippen LogP contribution in [-0.4, -0.2) is 15.0 Å². The first-order chi connectivity index (χ1) is 19.8. The van der Waals surface area contributed by atoms with Gasteiger partial charge in [-0.05, 0) is 69.8 Å². The Labute approximate surface area is 233 Å². The number of aromatic nitrogens is 3. The third-order valence-corrected chi connectivity index (χ3v) is 8.88. The zero-order chi connectivity index (χ0) is 26.2. The van der Waals surface area contributed by atoms with Crippen LogP contribution < -0.4 is 0 Å². The number of hydrogen-bond donors (Lipinski definition) is 0. The fourth-order valence-corrected chi connectivity index (χ4v) is 7.18. The monoisotopic (exact) mass is 511 g/mol. The summed E-state index contributed by atoms with van der Waals surface area (Å²) in [5.74, 6) is -0.141. The molecule has 10 rings (SSSR count).